The van der Waals surface area contributed by atoms with Crippen molar-refractivity contribution >= 4 is 11.8 Å². The normalized spacial score (nSPS) is 15.9. The monoisotopic (exact) mass is 295 g/mol. The molecule has 0 aliphatic rings. The lowest BCUT2D eigenvalue weighted by atomic mass is 10.0. The van der Waals surface area contributed by atoms with E-state index in [4.69, 9.17) is 4.74 Å². The third-order valence-electron chi connectivity index (χ3n) is 3.74. The molecule has 0 bridgehead atoms. The van der Waals surface area contributed by atoms with Crippen LogP contribution in [-0.4, -0.2) is 24.2 Å². The van der Waals surface area contributed by atoms with Gasteiger partial charge < -0.3 is 10.1 Å². The molecule has 0 aliphatic carbocycles. The van der Waals surface area contributed by atoms with Crippen LogP contribution in [0.1, 0.15) is 46.2 Å². The Labute approximate surface area is 128 Å². The highest BCUT2D eigenvalue weighted by Gasteiger charge is 2.22. The molecule has 0 saturated heterocycles. The van der Waals surface area contributed by atoms with E-state index < -0.39 is 0 Å². The second-order valence-electron chi connectivity index (χ2n) is 5.60. The smallest absolute Gasteiger partial charge is 0.118 e. The summed E-state index contributed by atoms with van der Waals surface area (Å²) in [6.07, 6.45) is 0. The maximum absolute atomic E-state index is 5.24. The lowest BCUT2D eigenvalue weighted by Gasteiger charge is -2.28. The minimum atomic E-state index is 0.386. The number of ether oxygens (including phenoxy) is 1. The minimum absolute atomic E-state index is 0.386. The molecule has 0 fully saturated rings. The molecule has 1 rings (SSSR count). The molecule has 0 aromatic heterocycles. The SMILES string of the molecule is CCNC(c1ccc(OC)cc1)C(C)SC(C)C(C)C. The van der Waals surface area contributed by atoms with Crippen LogP contribution in [0.4, 0.5) is 0 Å². The fraction of sp³-hybridized carbons (Fsp3) is 0.647. The molecule has 0 amide bonds. The maximum Gasteiger partial charge on any atom is 0.118 e. The fourth-order valence-electron chi connectivity index (χ4n) is 2.16. The van der Waals surface area contributed by atoms with Gasteiger partial charge in [0.2, 0.25) is 0 Å². The molecule has 1 aromatic rings. The van der Waals surface area contributed by atoms with E-state index in [0.717, 1.165) is 12.3 Å². The summed E-state index contributed by atoms with van der Waals surface area (Å²) in [5, 5.41) is 4.83. The Morgan fingerprint density at radius 2 is 1.65 bits per heavy atom. The Balaban J connectivity index is 2.80. The van der Waals surface area contributed by atoms with Gasteiger partial charge in [0, 0.05) is 16.5 Å². The van der Waals surface area contributed by atoms with E-state index in [2.05, 4.69) is 63.8 Å². The molecule has 3 atom stereocenters. The number of thioether (sulfide) groups is 1. The second-order valence-corrected chi connectivity index (χ2v) is 7.36. The predicted octanol–water partition coefficient (Wildman–Crippen LogP) is 4.51. The van der Waals surface area contributed by atoms with Crippen molar-refractivity contribution in [3.8, 4) is 5.75 Å². The molecule has 20 heavy (non-hydrogen) atoms. The summed E-state index contributed by atoms with van der Waals surface area (Å²) < 4.78 is 5.24. The average molecular weight is 295 g/mol. The molecule has 3 unspecified atom stereocenters. The molecular weight excluding hydrogens is 266 g/mol. The molecule has 0 saturated carbocycles. The van der Waals surface area contributed by atoms with Gasteiger partial charge in [-0.3, -0.25) is 0 Å². The van der Waals surface area contributed by atoms with Gasteiger partial charge in [0.05, 0.1) is 7.11 Å². The van der Waals surface area contributed by atoms with E-state index in [9.17, 15) is 0 Å². The standard InChI is InChI=1S/C17H29NOS/c1-7-18-17(14(5)20-13(4)12(2)3)15-8-10-16(19-6)11-9-15/h8-14,17-18H,7H2,1-6H3. The van der Waals surface area contributed by atoms with Crippen LogP contribution < -0.4 is 10.1 Å². The summed E-state index contributed by atoms with van der Waals surface area (Å²) in [5.74, 6) is 1.63. The molecule has 3 heteroatoms. The summed E-state index contributed by atoms with van der Waals surface area (Å²) >= 11 is 2.07. The number of hydrogen-bond donors (Lipinski definition) is 1. The zero-order valence-corrected chi connectivity index (χ0v) is 14.5. The molecule has 114 valence electrons. The first kappa shape index (κ1) is 17.4. The summed E-state index contributed by atoms with van der Waals surface area (Å²) in [7, 11) is 1.71. The lowest BCUT2D eigenvalue weighted by Crippen LogP contribution is -2.30. The molecule has 0 spiro atoms. The Morgan fingerprint density at radius 3 is 2.10 bits per heavy atom. The van der Waals surface area contributed by atoms with E-state index in [1.165, 1.54) is 5.56 Å². The van der Waals surface area contributed by atoms with Crippen molar-refractivity contribution in [1.29, 1.82) is 0 Å². The molecule has 0 heterocycles. The minimum Gasteiger partial charge on any atom is -0.497 e. The van der Waals surface area contributed by atoms with Crippen LogP contribution in [0.15, 0.2) is 24.3 Å². The van der Waals surface area contributed by atoms with Gasteiger partial charge in [-0.2, -0.15) is 11.8 Å². The zero-order valence-electron chi connectivity index (χ0n) is 13.6. The summed E-state index contributed by atoms with van der Waals surface area (Å²) in [6, 6.07) is 8.82. The third-order valence-corrected chi connectivity index (χ3v) is 5.41. The van der Waals surface area contributed by atoms with Crippen LogP contribution in [0.25, 0.3) is 0 Å². The van der Waals surface area contributed by atoms with Gasteiger partial charge in [-0.25, -0.2) is 0 Å². The quantitative estimate of drug-likeness (QED) is 0.762. The van der Waals surface area contributed by atoms with E-state index >= 15 is 0 Å². The zero-order chi connectivity index (χ0) is 15.1. The second kappa shape index (κ2) is 8.58. The topological polar surface area (TPSA) is 21.3 Å². The van der Waals surface area contributed by atoms with Gasteiger partial charge >= 0.3 is 0 Å². The fourth-order valence-corrected chi connectivity index (χ4v) is 3.56. The number of benzene rings is 1. The van der Waals surface area contributed by atoms with Crippen molar-refractivity contribution in [2.24, 2.45) is 5.92 Å². The van der Waals surface area contributed by atoms with Crippen LogP contribution in [0.5, 0.6) is 5.75 Å². The van der Waals surface area contributed by atoms with E-state index in [1.807, 2.05) is 12.1 Å². The van der Waals surface area contributed by atoms with E-state index in [1.54, 1.807) is 7.11 Å². The van der Waals surface area contributed by atoms with Crippen molar-refractivity contribution in [1.82, 2.24) is 5.32 Å². The van der Waals surface area contributed by atoms with Crippen LogP contribution in [-0.2, 0) is 0 Å². The molecule has 0 aliphatic heterocycles. The number of hydrogen-bond acceptors (Lipinski definition) is 3. The summed E-state index contributed by atoms with van der Waals surface area (Å²) in [4.78, 5) is 0. The van der Waals surface area contributed by atoms with Crippen molar-refractivity contribution in [2.75, 3.05) is 13.7 Å². The van der Waals surface area contributed by atoms with Crippen LogP contribution >= 0.6 is 11.8 Å². The molecule has 0 radical (unpaired) electrons. The highest BCUT2D eigenvalue weighted by atomic mass is 32.2. The van der Waals surface area contributed by atoms with E-state index in [0.29, 0.717) is 22.5 Å². The average Bonchev–Trinajstić information content (AvgIpc) is 2.44. The Morgan fingerprint density at radius 1 is 1.05 bits per heavy atom. The van der Waals surface area contributed by atoms with Crippen LogP contribution in [0.2, 0.25) is 0 Å². The van der Waals surface area contributed by atoms with Gasteiger partial charge in [0.25, 0.3) is 0 Å². The number of methoxy groups -OCH3 is 1. The van der Waals surface area contributed by atoms with Crippen LogP contribution in [0.3, 0.4) is 0 Å². The van der Waals surface area contributed by atoms with Crippen molar-refractivity contribution in [3.05, 3.63) is 29.8 Å². The largest absolute Gasteiger partial charge is 0.497 e. The van der Waals surface area contributed by atoms with Crippen molar-refractivity contribution in [2.45, 2.75) is 51.2 Å². The van der Waals surface area contributed by atoms with Gasteiger partial charge in [-0.05, 0) is 30.2 Å². The Kier molecular flexibility index (Phi) is 7.46. The molecule has 1 aromatic carbocycles. The number of rotatable bonds is 8. The first-order chi connectivity index (χ1) is 9.49. The summed E-state index contributed by atoms with van der Waals surface area (Å²) in [6.45, 7) is 12.4. The van der Waals surface area contributed by atoms with Crippen molar-refractivity contribution < 1.29 is 4.74 Å². The Bertz CT molecular complexity index is 377. The maximum atomic E-state index is 5.24. The van der Waals surface area contributed by atoms with Crippen molar-refractivity contribution in [3.63, 3.8) is 0 Å². The van der Waals surface area contributed by atoms with Gasteiger partial charge in [-0.15, -0.1) is 0 Å². The Hall–Kier alpha value is -0.670. The molecule has 1 N–H and O–H groups in total. The first-order valence-electron chi connectivity index (χ1n) is 7.52. The lowest BCUT2D eigenvalue weighted by molar-refractivity contribution is 0.414. The van der Waals surface area contributed by atoms with Gasteiger partial charge in [0.1, 0.15) is 5.75 Å². The summed E-state index contributed by atoms with van der Waals surface area (Å²) in [5.41, 5.74) is 1.34. The number of nitrogens with one attached hydrogen (secondary N) is 1. The predicted molar refractivity (Wildman–Crippen MR) is 90.8 cm³/mol. The van der Waals surface area contributed by atoms with Crippen LogP contribution in [0, 0.1) is 5.92 Å². The first-order valence-corrected chi connectivity index (χ1v) is 8.46. The highest BCUT2D eigenvalue weighted by molar-refractivity contribution is 8.00. The molecule has 2 nitrogen and oxygen atoms in total. The van der Waals surface area contributed by atoms with E-state index in [-0.39, 0.29) is 0 Å². The van der Waals surface area contributed by atoms with Gasteiger partial charge in [-0.1, -0.05) is 46.8 Å². The molecular formula is C17H29NOS. The highest BCUT2D eigenvalue weighted by Crippen LogP contribution is 2.32. The van der Waals surface area contributed by atoms with Gasteiger partial charge in [0.15, 0.2) is 0 Å². The third kappa shape index (κ3) is 5.02.